The molecule has 7 heteroatoms. The molecule has 0 unspecified atom stereocenters. The first-order valence-electron chi connectivity index (χ1n) is 5.84. The predicted molar refractivity (Wildman–Crippen MR) is 60.1 cm³/mol. The predicted octanol–water partition coefficient (Wildman–Crippen LogP) is 1.16. The van der Waals surface area contributed by atoms with Crippen LogP contribution in [0.2, 0.25) is 0 Å². The minimum absolute atomic E-state index is 0.313. The second kappa shape index (κ2) is 5.44. The summed E-state index contributed by atoms with van der Waals surface area (Å²) < 4.78 is 42.4. The van der Waals surface area contributed by atoms with E-state index in [0.717, 1.165) is 4.90 Å². The lowest BCUT2D eigenvalue weighted by Crippen LogP contribution is -2.60. The van der Waals surface area contributed by atoms with Crippen molar-refractivity contribution in [2.75, 3.05) is 26.2 Å². The molecule has 0 radical (unpaired) electrons. The van der Waals surface area contributed by atoms with E-state index in [4.69, 9.17) is 4.74 Å². The van der Waals surface area contributed by atoms with Crippen molar-refractivity contribution < 1.29 is 22.7 Å². The van der Waals surface area contributed by atoms with Crippen LogP contribution in [0.4, 0.5) is 13.2 Å². The van der Waals surface area contributed by atoms with Crippen LogP contribution in [-0.4, -0.2) is 54.9 Å². The summed E-state index contributed by atoms with van der Waals surface area (Å²) >= 11 is 0. The maximum atomic E-state index is 12.3. The van der Waals surface area contributed by atoms with Gasteiger partial charge >= 0.3 is 6.18 Å². The molecule has 1 fully saturated rings. The number of rotatable bonds is 5. The highest BCUT2D eigenvalue weighted by molar-refractivity contribution is 5.77. The first-order chi connectivity index (χ1) is 8.13. The topological polar surface area (TPSA) is 41.6 Å². The van der Waals surface area contributed by atoms with E-state index < -0.39 is 30.3 Å². The summed E-state index contributed by atoms with van der Waals surface area (Å²) in [6, 6.07) is -0.505. The van der Waals surface area contributed by atoms with E-state index in [-0.39, 0.29) is 6.61 Å². The maximum Gasteiger partial charge on any atom is 0.406 e. The Morgan fingerprint density at radius 3 is 2.33 bits per heavy atom. The van der Waals surface area contributed by atoms with Crippen molar-refractivity contribution in [1.29, 1.82) is 0 Å². The largest absolute Gasteiger partial charge is 0.406 e. The lowest BCUT2D eigenvalue weighted by Gasteiger charge is -2.39. The van der Waals surface area contributed by atoms with E-state index in [1.165, 1.54) is 0 Å². The zero-order valence-electron chi connectivity index (χ0n) is 10.8. The summed E-state index contributed by atoms with van der Waals surface area (Å²) in [5.41, 5.74) is -0.434. The Hall–Kier alpha value is -0.820. The number of ether oxygens (including phenoxy) is 1. The number of amides is 1. The number of halogens is 3. The zero-order chi connectivity index (χ0) is 14.0. The summed E-state index contributed by atoms with van der Waals surface area (Å²) in [6.07, 6.45) is -4.39. The molecule has 1 heterocycles. The number of alkyl halides is 3. The highest BCUT2D eigenvalue weighted by atomic mass is 19.4. The third kappa shape index (κ3) is 4.45. The van der Waals surface area contributed by atoms with Gasteiger partial charge in [-0.15, -0.1) is 0 Å². The fourth-order valence-corrected chi connectivity index (χ4v) is 1.65. The first-order valence-corrected chi connectivity index (χ1v) is 5.84. The van der Waals surface area contributed by atoms with Crippen molar-refractivity contribution in [3.05, 3.63) is 0 Å². The van der Waals surface area contributed by atoms with Crippen molar-refractivity contribution in [2.45, 2.75) is 38.6 Å². The van der Waals surface area contributed by atoms with Gasteiger partial charge in [-0.3, -0.25) is 4.79 Å². The van der Waals surface area contributed by atoms with Crippen LogP contribution in [0.25, 0.3) is 0 Å². The number of nitrogens with one attached hydrogen (secondary N) is 1. The van der Waals surface area contributed by atoms with Crippen LogP contribution in [-0.2, 0) is 9.53 Å². The van der Waals surface area contributed by atoms with Gasteiger partial charge in [0.1, 0.15) is 13.2 Å². The average molecular weight is 268 g/mol. The van der Waals surface area contributed by atoms with Gasteiger partial charge in [0, 0.05) is 19.1 Å². The SMILES string of the molecule is CC(C)N(CC(F)(F)F)C(=O)COC1(C)CNC1. The van der Waals surface area contributed by atoms with E-state index in [1.807, 2.05) is 6.92 Å². The molecule has 1 aliphatic heterocycles. The van der Waals surface area contributed by atoms with E-state index in [1.54, 1.807) is 13.8 Å². The van der Waals surface area contributed by atoms with Crippen molar-refractivity contribution in [2.24, 2.45) is 0 Å². The average Bonchev–Trinajstić information content (AvgIpc) is 2.18. The van der Waals surface area contributed by atoms with Crippen LogP contribution in [0, 0.1) is 0 Å². The van der Waals surface area contributed by atoms with Gasteiger partial charge in [-0.2, -0.15) is 13.2 Å². The van der Waals surface area contributed by atoms with Crippen molar-refractivity contribution >= 4 is 5.91 Å². The fraction of sp³-hybridized carbons (Fsp3) is 0.909. The Kier molecular flexibility index (Phi) is 4.61. The second-order valence-corrected chi connectivity index (χ2v) is 5.07. The smallest absolute Gasteiger partial charge is 0.363 e. The van der Waals surface area contributed by atoms with Gasteiger partial charge in [-0.25, -0.2) is 0 Å². The quantitative estimate of drug-likeness (QED) is 0.813. The Morgan fingerprint density at radius 2 is 2.00 bits per heavy atom. The molecule has 0 aromatic heterocycles. The van der Waals surface area contributed by atoms with Crippen LogP contribution >= 0.6 is 0 Å². The van der Waals surface area contributed by atoms with Gasteiger partial charge in [-0.05, 0) is 20.8 Å². The van der Waals surface area contributed by atoms with Gasteiger partial charge in [0.25, 0.3) is 0 Å². The molecule has 0 bridgehead atoms. The molecule has 1 amide bonds. The van der Waals surface area contributed by atoms with Crippen LogP contribution < -0.4 is 5.32 Å². The van der Waals surface area contributed by atoms with Gasteiger partial charge in [0.05, 0.1) is 5.60 Å². The number of hydrogen-bond acceptors (Lipinski definition) is 3. The van der Waals surface area contributed by atoms with Crippen molar-refractivity contribution in [1.82, 2.24) is 10.2 Å². The number of hydrogen-bond donors (Lipinski definition) is 1. The molecule has 1 N–H and O–H groups in total. The third-order valence-corrected chi connectivity index (χ3v) is 2.84. The lowest BCUT2D eigenvalue weighted by molar-refractivity contribution is -0.171. The normalized spacial score (nSPS) is 18.6. The fourth-order valence-electron chi connectivity index (χ4n) is 1.65. The highest BCUT2D eigenvalue weighted by Gasteiger charge is 2.37. The first kappa shape index (κ1) is 15.2. The molecule has 0 spiro atoms. The molecule has 0 aliphatic carbocycles. The lowest BCUT2D eigenvalue weighted by atomic mass is 10.0. The summed E-state index contributed by atoms with van der Waals surface area (Å²) in [7, 11) is 0. The minimum atomic E-state index is -4.39. The molecule has 1 rings (SSSR count). The van der Waals surface area contributed by atoms with Crippen LogP contribution in [0.15, 0.2) is 0 Å². The molecule has 1 saturated heterocycles. The molecule has 1 aliphatic rings. The van der Waals surface area contributed by atoms with Crippen molar-refractivity contribution in [3.8, 4) is 0 Å². The Bertz CT molecular complexity index is 301. The zero-order valence-corrected chi connectivity index (χ0v) is 10.8. The number of carbonyl (C=O) groups is 1. The standard InChI is InChI=1S/C11H19F3N2O2/c1-8(2)16(7-11(12,13)14)9(17)4-18-10(3)5-15-6-10/h8,15H,4-7H2,1-3H3. The molecule has 0 saturated carbocycles. The van der Waals surface area contributed by atoms with Crippen LogP contribution in [0.5, 0.6) is 0 Å². The van der Waals surface area contributed by atoms with E-state index in [9.17, 15) is 18.0 Å². The molecule has 106 valence electrons. The van der Waals surface area contributed by atoms with Gasteiger partial charge in [-0.1, -0.05) is 0 Å². The molecule has 0 aromatic rings. The minimum Gasteiger partial charge on any atom is -0.363 e. The Balaban J connectivity index is 2.49. The summed E-state index contributed by atoms with van der Waals surface area (Å²) in [5.74, 6) is -0.629. The summed E-state index contributed by atoms with van der Waals surface area (Å²) in [5, 5.41) is 2.99. The van der Waals surface area contributed by atoms with Crippen LogP contribution in [0.3, 0.4) is 0 Å². The Labute approximate surface area is 104 Å². The third-order valence-electron chi connectivity index (χ3n) is 2.84. The molecule has 18 heavy (non-hydrogen) atoms. The van der Waals surface area contributed by atoms with Gasteiger partial charge in [0.15, 0.2) is 0 Å². The van der Waals surface area contributed by atoms with Crippen LogP contribution in [0.1, 0.15) is 20.8 Å². The summed E-state index contributed by atoms with van der Waals surface area (Å²) in [6.45, 7) is 4.60. The Morgan fingerprint density at radius 1 is 1.44 bits per heavy atom. The van der Waals surface area contributed by atoms with E-state index in [2.05, 4.69) is 5.32 Å². The van der Waals surface area contributed by atoms with E-state index >= 15 is 0 Å². The molecular weight excluding hydrogens is 249 g/mol. The van der Waals surface area contributed by atoms with Gasteiger partial charge in [0.2, 0.25) is 5.91 Å². The molecule has 0 atom stereocenters. The summed E-state index contributed by atoms with van der Waals surface area (Å²) in [4.78, 5) is 12.5. The maximum absolute atomic E-state index is 12.3. The molecule has 4 nitrogen and oxygen atoms in total. The number of carbonyl (C=O) groups excluding carboxylic acids is 1. The second-order valence-electron chi connectivity index (χ2n) is 5.07. The van der Waals surface area contributed by atoms with E-state index in [0.29, 0.717) is 13.1 Å². The number of nitrogens with zero attached hydrogens (tertiary/aromatic N) is 1. The van der Waals surface area contributed by atoms with Gasteiger partial charge < -0.3 is 15.0 Å². The van der Waals surface area contributed by atoms with Crippen molar-refractivity contribution in [3.63, 3.8) is 0 Å². The monoisotopic (exact) mass is 268 g/mol. The molecular formula is C11H19F3N2O2. The highest BCUT2D eigenvalue weighted by Crippen LogP contribution is 2.19. The molecule has 0 aromatic carbocycles.